The number of aromatic nitrogens is 1. The van der Waals surface area contributed by atoms with Crippen LogP contribution in [0, 0.1) is 0 Å². The lowest BCUT2D eigenvalue weighted by Crippen LogP contribution is -2.43. The van der Waals surface area contributed by atoms with Crippen molar-refractivity contribution in [3.63, 3.8) is 0 Å². The Hall–Kier alpha value is -2.48. The standard InChI is InChI=1S/C25H31N3O3S/c1-2-3-6-16-31-21-9-7-8-20(19-21)24(29)28(13-12-27-14-17-30-18-15-27)25-26-22-10-4-5-11-23(22)32-25/h4-5,7-11,19H,2-3,6,12-18H2,1H3. The molecule has 0 saturated carbocycles. The first kappa shape index (κ1) is 22.7. The molecule has 32 heavy (non-hydrogen) atoms. The van der Waals surface area contributed by atoms with Gasteiger partial charge < -0.3 is 9.47 Å². The number of thiazole rings is 1. The van der Waals surface area contributed by atoms with Crippen molar-refractivity contribution in [1.82, 2.24) is 9.88 Å². The predicted octanol–water partition coefficient (Wildman–Crippen LogP) is 4.84. The minimum absolute atomic E-state index is 0.0451. The number of rotatable bonds is 10. The molecule has 2 aromatic carbocycles. The molecule has 1 aliphatic rings. The normalized spacial score (nSPS) is 14.5. The average Bonchev–Trinajstić information content (AvgIpc) is 3.27. The summed E-state index contributed by atoms with van der Waals surface area (Å²) in [6.45, 7) is 7.49. The van der Waals surface area contributed by atoms with Gasteiger partial charge in [0.05, 0.1) is 30.0 Å². The summed E-state index contributed by atoms with van der Waals surface area (Å²) in [7, 11) is 0. The number of benzene rings is 2. The van der Waals surface area contributed by atoms with E-state index in [9.17, 15) is 4.79 Å². The highest BCUT2D eigenvalue weighted by Crippen LogP contribution is 2.30. The van der Waals surface area contributed by atoms with Crippen molar-refractivity contribution in [2.45, 2.75) is 26.2 Å². The highest BCUT2D eigenvalue weighted by molar-refractivity contribution is 7.22. The quantitative estimate of drug-likeness (QED) is 0.411. The van der Waals surface area contributed by atoms with Crippen molar-refractivity contribution in [3.05, 3.63) is 54.1 Å². The molecule has 0 aliphatic carbocycles. The molecule has 170 valence electrons. The Labute approximate surface area is 193 Å². The summed E-state index contributed by atoms with van der Waals surface area (Å²) >= 11 is 1.56. The monoisotopic (exact) mass is 453 g/mol. The topological polar surface area (TPSA) is 54.9 Å². The summed E-state index contributed by atoms with van der Waals surface area (Å²) < 4.78 is 12.4. The number of fused-ring (bicyclic) bond motifs is 1. The minimum atomic E-state index is -0.0451. The second-order valence-corrected chi connectivity index (χ2v) is 8.97. The molecule has 0 spiro atoms. The summed E-state index contributed by atoms with van der Waals surface area (Å²) in [5, 5.41) is 0.735. The van der Waals surface area contributed by atoms with Crippen LogP contribution in [0.5, 0.6) is 5.75 Å². The first-order valence-corrected chi connectivity index (χ1v) is 12.3. The van der Waals surface area contributed by atoms with Gasteiger partial charge in [-0.3, -0.25) is 14.6 Å². The number of amides is 1. The van der Waals surface area contributed by atoms with Crippen LogP contribution >= 0.6 is 11.3 Å². The van der Waals surface area contributed by atoms with Crippen LogP contribution in [0.2, 0.25) is 0 Å². The van der Waals surface area contributed by atoms with Crippen LogP contribution < -0.4 is 9.64 Å². The van der Waals surface area contributed by atoms with Gasteiger partial charge in [-0.1, -0.05) is 49.3 Å². The molecular weight excluding hydrogens is 422 g/mol. The van der Waals surface area contributed by atoms with E-state index in [0.717, 1.165) is 73.2 Å². The summed E-state index contributed by atoms with van der Waals surface area (Å²) in [6.07, 6.45) is 3.32. The average molecular weight is 454 g/mol. The van der Waals surface area contributed by atoms with E-state index >= 15 is 0 Å². The second-order valence-electron chi connectivity index (χ2n) is 7.96. The number of hydrogen-bond acceptors (Lipinski definition) is 6. The van der Waals surface area contributed by atoms with E-state index in [0.29, 0.717) is 18.7 Å². The van der Waals surface area contributed by atoms with Crippen LogP contribution in [0.1, 0.15) is 36.5 Å². The van der Waals surface area contributed by atoms with Crippen LogP contribution in [-0.4, -0.2) is 61.8 Å². The molecule has 0 N–H and O–H groups in total. The van der Waals surface area contributed by atoms with Gasteiger partial charge in [0.2, 0.25) is 0 Å². The van der Waals surface area contributed by atoms with Gasteiger partial charge in [-0.15, -0.1) is 0 Å². The lowest BCUT2D eigenvalue weighted by molar-refractivity contribution is 0.0391. The first-order chi connectivity index (χ1) is 15.7. The van der Waals surface area contributed by atoms with Gasteiger partial charge in [-0.2, -0.15) is 0 Å². The summed E-state index contributed by atoms with van der Waals surface area (Å²) in [6, 6.07) is 15.5. The first-order valence-electron chi connectivity index (χ1n) is 11.4. The fourth-order valence-corrected chi connectivity index (χ4v) is 4.73. The number of nitrogens with zero attached hydrogens (tertiary/aromatic N) is 3. The van der Waals surface area contributed by atoms with E-state index in [-0.39, 0.29) is 5.91 Å². The highest BCUT2D eigenvalue weighted by atomic mass is 32.1. The van der Waals surface area contributed by atoms with Crippen LogP contribution in [0.15, 0.2) is 48.5 Å². The van der Waals surface area contributed by atoms with Crippen LogP contribution in [0.4, 0.5) is 5.13 Å². The lowest BCUT2D eigenvalue weighted by atomic mass is 10.2. The molecule has 1 fully saturated rings. The van der Waals surface area contributed by atoms with Gasteiger partial charge in [0.1, 0.15) is 5.75 Å². The smallest absolute Gasteiger partial charge is 0.260 e. The Morgan fingerprint density at radius 3 is 2.81 bits per heavy atom. The van der Waals surface area contributed by atoms with E-state index in [2.05, 4.69) is 11.8 Å². The Morgan fingerprint density at radius 2 is 2.00 bits per heavy atom. The molecule has 6 nitrogen and oxygen atoms in total. The highest BCUT2D eigenvalue weighted by Gasteiger charge is 2.23. The molecule has 1 aromatic heterocycles. The zero-order valence-electron chi connectivity index (χ0n) is 18.7. The van der Waals surface area contributed by atoms with Crippen molar-refractivity contribution in [1.29, 1.82) is 0 Å². The Balaban J connectivity index is 1.53. The molecule has 0 bridgehead atoms. The minimum Gasteiger partial charge on any atom is -0.494 e. The van der Waals surface area contributed by atoms with E-state index < -0.39 is 0 Å². The largest absolute Gasteiger partial charge is 0.494 e. The van der Waals surface area contributed by atoms with Crippen LogP contribution in [0.3, 0.4) is 0 Å². The predicted molar refractivity (Wildman–Crippen MR) is 130 cm³/mol. The number of morpholine rings is 1. The molecule has 3 aromatic rings. The SMILES string of the molecule is CCCCCOc1cccc(C(=O)N(CCN2CCOCC2)c2nc3ccccc3s2)c1. The third-order valence-electron chi connectivity index (χ3n) is 5.60. The molecule has 7 heteroatoms. The zero-order valence-corrected chi connectivity index (χ0v) is 19.5. The third-order valence-corrected chi connectivity index (χ3v) is 6.66. The molecule has 0 radical (unpaired) electrons. The Bertz CT molecular complexity index is 983. The lowest BCUT2D eigenvalue weighted by Gasteiger charge is -2.29. The molecule has 1 amide bonds. The molecule has 2 heterocycles. The number of para-hydroxylation sites is 1. The number of ether oxygens (including phenoxy) is 2. The molecule has 1 saturated heterocycles. The van der Waals surface area contributed by atoms with E-state index in [1.54, 1.807) is 11.3 Å². The maximum atomic E-state index is 13.6. The van der Waals surface area contributed by atoms with Crippen LogP contribution in [-0.2, 0) is 4.74 Å². The van der Waals surface area contributed by atoms with Gasteiger partial charge in [0.15, 0.2) is 5.13 Å². The van der Waals surface area contributed by atoms with Crippen molar-refractivity contribution in [3.8, 4) is 5.75 Å². The molecule has 1 aliphatic heterocycles. The number of anilines is 1. The van der Waals surface area contributed by atoms with Crippen molar-refractivity contribution in [2.24, 2.45) is 0 Å². The summed E-state index contributed by atoms with van der Waals surface area (Å²) in [4.78, 5) is 22.5. The number of unbranched alkanes of at least 4 members (excludes halogenated alkanes) is 2. The molecule has 0 atom stereocenters. The fourth-order valence-electron chi connectivity index (χ4n) is 3.74. The van der Waals surface area contributed by atoms with Gasteiger partial charge in [-0.25, -0.2) is 4.98 Å². The maximum Gasteiger partial charge on any atom is 0.260 e. The second kappa shape index (κ2) is 11.4. The van der Waals surface area contributed by atoms with Crippen molar-refractivity contribution < 1.29 is 14.3 Å². The van der Waals surface area contributed by atoms with Gasteiger partial charge in [0, 0.05) is 31.7 Å². The van der Waals surface area contributed by atoms with Gasteiger partial charge in [-0.05, 0) is 36.8 Å². The van der Waals surface area contributed by atoms with E-state index in [1.165, 1.54) is 0 Å². The van der Waals surface area contributed by atoms with Crippen molar-refractivity contribution in [2.75, 3.05) is 50.9 Å². The van der Waals surface area contributed by atoms with Gasteiger partial charge >= 0.3 is 0 Å². The fraction of sp³-hybridized carbons (Fsp3) is 0.440. The number of hydrogen-bond donors (Lipinski definition) is 0. The third kappa shape index (κ3) is 5.85. The summed E-state index contributed by atoms with van der Waals surface area (Å²) in [5.41, 5.74) is 1.55. The molecule has 4 rings (SSSR count). The Morgan fingerprint density at radius 1 is 1.16 bits per heavy atom. The summed E-state index contributed by atoms with van der Waals surface area (Å²) in [5.74, 6) is 0.695. The molecular formula is C25H31N3O3S. The zero-order chi connectivity index (χ0) is 22.2. The maximum absolute atomic E-state index is 13.6. The number of carbonyl (C=O) groups is 1. The van der Waals surface area contributed by atoms with E-state index in [1.807, 2.05) is 53.4 Å². The van der Waals surface area contributed by atoms with Gasteiger partial charge in [0.25, 0.3) is 5.91 Å². The van der Waals surface area contributed by atoms with E-state index in [4.69, 9.17) is 14.5 Å². The number of carbonyl (C=O) groups excluding carboxylic acids is 1. The molecule has 0 unspecified atom stereocenters. The van der Waals surface area contributed by atoms with Crippen LogP contribution in [0.25, 0.3) is 10.2 Å². The van der Waals surface area contributed by atoms with Crippen molar-refractivity contribution >= 4 is 32.6 Å². The Kier molecular flexibility index (Phi) is 8.09.